The SMILES string of the molecule is CCn1ccnc1CC(O)C1CCCOC1. The average molecular weight is 224 g/mol. The Labute approximate surface area is 96.3 Å². The highest BCUT2D eigenvalue weighted by Crippen LogP contribution is 2.19. The molecular formula is C12H20N2O2. The fourth-order valence-electron chi connectivity index (χ4n) is 2.24. The topological polar surface area (TPSA) is 47.3 Å². The summed E-state index contributed by atoms with van der Waals surface area (Å²) in [6.45, 7) is 4.52. The van der Waals surface area contributed by atoms with Crippen LogP contribution in [0.4, 0.5) is 0 Å². The van der Waals surface area contributed by atoms with Crippen molar-refractivity contribution >= 4 is 0 Å². The molecule has 1 N–H and O–H groups in total. The van der Waals surface area contributed by atoms with E-state index in [1.54, 1.807) is 6.20 Å². The summed E-state index contributed by atoms with van der Waals surface area (Å²) in [5.74, 6) is 1.25. The summed E-state index contributed by atoms with van der Waals surface area (Å²) >= 11 is 0. The summed E-state index contributed by atoms with van der Waals surface area (Å²) in [5.41, 5.74) is 0. The molecule has 4 nitrogen and oxygen atoms in total. The van der Waals surface area contributed by atoms with Crippen LogP contribution in [0.5, 0.6) is 0 Å². The van der Waals surface area contributed by atoms with Crippen LogP contribution in [0.15, 0.2) is 12.4 Å². The molecule has 1 aromatic heterocycles. The zero-order valence-corrected chi connectivity index (χ0v) is 9.80. The van der Waals surface area contributed by atoms with Crippen LogP contribution in [0.2, 0.25) is 0 Å². The quantitative estimate of drug-likeness (QED) is 0.837. The van der Waals surface area contributed by atoms with Crippen molar-refractivity contribution in [3.05, 3.63) is 18.2 Å². The fraction of sp³-hybridized carbons (Fsp3) is 0.750. The van der Waals surface area contributed by atoms with Crippen molar-refractivity contribution in [1.82, 2.24) is 9.55 Å². The first-order chi connectivity index (χ1) is 7.81. The predicted octanol–water partition coefficient (Wildman–Crippen LogP) is 1.23. The molecule has 1 aromatic rings. The van der Waals surface area contributed by atoms with Crippen LogP contribution in [0.25, 0.3) is 0 Å². The third kappa shape index (κ3) is 2.62. The van der Waals surface area contributed by atoms with Crippen LogP contribution in [-0.2, 0) is 17.7 Å². The number of hydrogen-bond donors (Lipinski definition) is 1. The summed E-state index contributed by atoms with van der Waals surface area (Å²) in [7, 11) is 0. The molecule has 1 saturated heterocycles. The molecule has 0 amide bonds. The van der Waals surface area contributed by atoms with Gasteiger partial charge in [-0.15, -0.1) is 0 Å². The van der Waals surface area contributed by atoms with Gasteiger partial charge in [0.15, 0.2) is 0 Å². The lowest BCUT2D eigenvalue weighted by Crippen LogP contribution is -2.31. The number of ether oxygens (including phenoxy) is 1. The fourth-order valence-corrected chi connectivity index (χ4v) is 2.24. The largest absolute Gasteiger partial charge is 0.392 e. The highest BCUT2D eigenvalue weighted by molar-refractivity contribution is 4.95. The average Bonchev–Trinajstić information content (AvgIpc) is 2.77. The lowest BCUT2D eigenvalue weighted by molar-refractivity contribution is -0.00937. The van der Waals surface area contributed by atoms with E-state index in [1.165, 1.54) is 0 Å². The molecule has 1 aliphatic heterocycles. The standard InChI is InChI=1S/C12H20N2O2/c1-2-14-6-5-13-12(14)8-11(15)10-4-3-7-16-9-10/h5-6,10-11,15H,2-4,7-9H2,1H3. The first kappa shape index (κ1) is 11.6. The van der Waals surface area contributed by atoms with Crippen molar-refractivity contribution < 1.29 is 9.84 Å². The first-order valence-corrected chi connectivity index (χ1v) is 6.07. The highest BCUT2D eigenvalue weighted by atomic mass is 16.5. The van der Waals surface area contributed by atoms with Gasteiger partial charge >= 0.3 is 0 Å². The van der Waals surface area contributed by atoms with E-state index in [9.17, 15) is 5.11 Å². The molecular weight excluding hydrogens is 204 g/mol. The van der Waals surface area contributed by atoms with Crippen LogP contribution >= 0.6 is 0 Å². The molecule has 16 heavy (non-hydrogen) atoms. The van der Waals surface area contributed by atoms with Crippen molar-refractivity contribution in [2.75, 3.05) is 13.2 Å². The van der Waals surface area contributed by atoms with Gasteiger partial charge in [-0.2, -0.15) is 0 Å². The predicted molar refractivity (Wildman–Crippen MR) is 61.2 cm³/mol. The molecule has 0 spiro atoms. The number of aliphatic hydroxyl groups excluding tert-OH is 1. The van der Waals surface area contributed by atoms with E-state index in [2.05, 4.69) is 16.5 Å². The molecule has 0 aliphatic carbocycles. The molecule has 0 radical (unpaired) electrons. The van der Waals surface area contributed by atoms with Crippen LogP contribution in [-0.4, -0.2) is 34.0 Å². The van der Waals surface area contributed by atoms with Crippen molar-refractivity contribution in [2.24, 2.45) is 5.92 Å². The van der Waals surface area contributed by atoms with E-state index in [0.29, 0.717) is 13.0 Å². The number of aryl methyl sites for hydroxylation is 1. The van der Waals surface area contributed by atoms with Crippen molar-refractivity contribution in [1.29, 1.82) is 0 Å². The van der Waals surface area contributed by atoms with Gasteiger partial charge in [0.05, 0.1) is 12.7 Å². The van der Waals surface area contributed by atoms with Crippen molar-refractivity contribution in [3.63, 3.8) is 0 Å². The number of aliphatic hydroxyl groups is 1. The van der Waals surface area contributed by atoms with Gasteiger partial charge in [-0.3, -0.25) is 0 Å². The Morgan fingerprint density at radius 3 is 3.25 bits per heavy atom. The van der Waals surface area contributed by atoms with Gasteiger partial charge in [-0.05, 0) is 19.8 Å². The Bertz CT molecular complexity index is 319. The van der Waals surface area contributed by atoms with Crippen LogP contribution in [0, 0.1) is 5.92 Å². The second kappa shape index (κ2) is 5.46. The number of aromatic nitrogens is 2. The molecule has 2 unspecified atom stereocenters. The minimum Gasteiger partial charge on any atom is -0.392 e. The molecule has 2 atom stereocenters. The van der Waals surface area contributed by atoms with E-state index >= 15 is 0 Å². The number of rotatable bonds is 4. The molecule has 90 valence electrons. The molecule has 4 heteroatoms. The monoisotopic (exact) mass is 224 g/mol. The maximum absolute atomic E-state index is 10.1. The molecule has 0 aromatic carbocycles. The third-order valence-electron chi connectivity index (χ3n) is 3.27. The molecule has 2 heterocycles. The molecule has 1 aliphatic rings. The molecule has 1 fully saturated rings. The van der Waals surface area contributed by atoms with Gasteiger partial charge in [-0.25, -0.2) is 4.98 Å². The van der Waals surface area contributed by atoms with E-state index in [4.69, 9.17) is 4.74 Å². The maximum Gasteiger partial charge on any atom is 0.111 e. The summed E-state index contributed by atoms with van der Waals surface area (Å²) in [5, 5.41) is 10.1. The van der Waals surface area contributed by atoms with Crippen LogP contribution in [0.1, 0.15) is 25.6 Å². The Balaban J connectivity index is 1.93. The third-order valence-corrected chi connectivity index (χ3v) is 3.27. The zero-order chi connectivity index (χ0) is 11.4. The zero-order valence-electron chi connectivity index (χ0n) is 9.80. The minimum absolute atomic E-state index is 0.274. The Morgan fingerprint density at radius 2 is 2.56 bits per heavy atom. The highest BCUT2D eigenvalue weighted by Gasteiger charge is 2.23. The van der Waals surface area contributed by atoms with E-state index in [1.807, 2.05) is 6.20 Å². The lowest BCUT2D eigenvalue weighted by Gasteiger charge is -2.26. The second-order valence-corrected chi connectivity index (χ2v) is 4.38. The summed E-state index contributed by atoms with van der Waals surface area (Å²) in [4.78, 5) is 4.28. The van der Waals surface area contributed by atoms with Gasteiger partial charge in [0, 0.05) is 37.9 Å². The van der Waals surface area contributed by atoms with Crippen molar-refractivity contribution in [3.8, 4) is 0 Å². The smallest absolute Gasteiger partial charge is 0.111 e. The normalized spacial score (nSPS) is 23.2. The Hall–Kier alpha value is -0.870. The summed E-state index contributed by atoms with van der Waals surface area (Å²) in [6, 6.07) is 0. The van der Waals surface area contributed by atoms with Crippen LogP contribution in [0.3, 0.4) is 0 Å². The lowest BCUT2D eigenvalue weighted by atomic mass is 9.94. The van der Waals surface area contributed by atoms with Gasteiger partial charge in [0.2, 0.25) is 0 Å². The molecule has 0 bridgehead atoms. The van der Waals surface area contributed by atoms with Crippen LogP contribution < -0.4 is 0 Å². The first-order valence-electron chi connectivity index (χ1n) is 6.07. The number of nitrogens with zero attached hydrogens (tertiary/aromatic N) is 2. The van der Waals surface area contributed by atoms with E-state index < -0.39 is 0 Å². The van der Waals surface area contributed by atoms with Crippen molar-refractivity contribution in [2.45, 2.75) is 38.8 Å². The number of imidazole rings is 1. The molecule has 0 saturated carbocycles. The Morgan fingerprint density at radius 1 is 1.69 bits per heavy atom. The minimum atomic E-state index is -0.326. The van der Waals surface area contributed by atoms with E-state index in [-0.39, 0.29) is 12.0 Å². The van der Waals surface area contributed by atoms with Gasteiger partial charge < -0.3 is 14.4 Å². The Kier molecular flexibility index (Phi) is 3.96. The maximum atomic E-state index is 10.1. The van der Waals surface area contributed by atoms with Gasteiger partial charge in [0.25, 0.3) is 0 Å². The van der Waals surface area contributed by atoms with E-state index in [0.717, 1.165) is 31.8 Å². The van der Waals surface area contributed by atoms with Gasteiger partial charge in [-0.1, -0.05) is 0 Å². The molecule has 2 rings (SSSR count). The number of hydrogen-bond acceptors (Lipinski definition) is 3. The summed E-state index contributed by atoms with van der Waals surface area (Å²) in [6.07, 6.45) is 6.18. The summed E-state index contributed by atoms with van der Waals surface area (Å²) < 4.78 is 7.47. The van der Waals surface area contributed by atoms with Gasteiger partial charge in [0.1, 0.15) is 5.82 Å². The second-order valence-electron chi connectivity index (χ2n) is 4.38.